The number of amides is 2. The number of para-hydroxylation sites is 2. The fourth-order valence-corrected chi connectivity index (χ4v) is 4.73. The van der Waals surface area contributed by atoms with Gasteiger partial charge in [-0.1, -0.05) is 53.4 Å². The van der Waals surface area contributed by atoms with E-state index < -0.39 is 0 Å². The Bertz CT molecular complexity index is 1050. The zero-order valence-electron chi connectivity index (χ0n) is 17.2. The highest BCUT2D eigenvalue weighted by Gasteiger charge is 2.17. The molecule has 1 fully saturated rings. The summed E-state index contributed by atoms with van der Waals surface area (Å²) >= 11 is 2.71. The number of ether oxygens (including phenoxy) is 1. The van der Waals surface area contributed by atoms with Crippen LogP contribution in [0.25, 0.3) is 0 Å². The molecule has 2 heterocycles. The summed E-state index contributed by atoms with van der Waals surface area (Å²) in [6.45, 7) is 1.53. The number of thioether (sulfide) groups is 1. The Morgan fingerprint density at radius 3 is 2.69 bits per heavy atom. The molecule has 2 amide bonds. The van der Waals surface area contributed by atoms with E-state index in [4.69, 9.17) is 4.74 Å². The Kier molecular flexibility index (Phi) is 7.70. The number of hydrogen-bond acceptors (Lipinski definition) is 8. The van der Waals surface area contributed by atoms with Crippen molar-refractivity contribution in [1.82, 2.24) is 10.2 Å². The summed E-state index contributed by atoms with van der Waals surface area (Å²) in [6.07, 6.45) is 2.37. The fraction of sp³-hybridized carbons (Fsp3) is 0.273. The van der Waals surface area contributed by atoms with Crippen molar-refractivity contribution in [3.8, 4) is 0 Å². The maximum Gasteiger partial charge on any atom is 0.257 e. The molecule has 0 bridgehead atoms. The zero-order valence-corrected chi connectivity index (χ0v) is 18.9. The van der Waals surface area contributed by atoms with E-state index in [2.05, 4.69) is 26.1 Å². The van der Waals surface area contributed by atoms with Gasteiger partial charge in [0.15, 0.2) is 4.34 Å². The van der Waals surface area contributed by atoms with E-state index in [1.165, 1.54) is 23.1 Å². The molecule has 8 nitrogen and oxygen atoms in total. The maximum absolute atomic E-state index is 12.7. The van der Waals surface area contributed by atoms with Gasteiger partial charge in [-0.2, -0.15) is 0 Å². The molecule has 0 aliphatic carbocycles. The molecule has 166 valence electrons. The van der Waals surface area contributed by atoms with Crippen LogP contribution in [0.3, 0.4) is 0 Å². The Balaban J connectivity index is 1.28. The molecule has 1 aliphatic heterocycles. The molecule has 4 rings (SSSR count). The molecule has 10 heteroatoms. The van der Waals surface area contributed by atoms with Crippen LogP contribution in [0.2, 0.25) is 0 Å². The van der Waals surface area contributed by atoms with Crippen molar-refractivity contribution in [2.75, 3.05) is 34.9 Å². The molecular formula is C22H23N5O3S2. The van der Waals surface area contributed by atoms with Crippen LogP contribution in [-0.4, -0.2) is 47.0 Å². The van der Waals surface area contributed by atoms with Crippen molar-refractivity contribution < 1.29 is 14.3 Å². The molecule has 0 radical (unpaired) electrons. The van der Waals surface area contributed by atoms with E-state index in [9.17, 15) is 9.59 Å². The average molecular weight is 470 g/mol. The van der Waals surface area contributed by atoms with Gasteiger partial charge in [-0.3, -0.25) is 9.59 Å². The van der Waals surface area contributed by atoms with E-state index in [0.29, 0.717) is 33.0 Å². The lowest BCUT2D eigenvalue weighted by atomic mass is 10.1. The number of anilines is 3. The molecule has 2 aromatic carbocycles. The summed E-state index contributed by atoms with van der Waals surface area (Å²) < 4.78 is 6.28. The van der Waals surface area contributed by atoms with Crippen molar-refractivity contribution in [2.45, 2.75) is 23.3 Å². The van der Waals surface area contributed by atoms with Crippen LogP contribution in [-0.2, 0) is 9.53 Å². The lowest BCUT2D eigenvalue weighted by Gasteiger charge is -2.11. The first-order valence-electron chi connectivity index (χ1n) is 10.2. The standard InChI is InChI=1S/C22H23N5O3S2/c28-19(14-31-22-27-26-21(32-22)23-13-16-9-6-12-30-16)25-18-11-5-4-10-17(18)20(29)24-15-7-2-1-3-8-15/h1-5,7-8,10-11,16H,6,9,12-14H2,(H,23,26)(H,24,29)(H,25,28)/t16-/m0/s1. The second kappa shape index (κ2) is 11.1. The second-order valence-corrected chi connectivity index (χ2v) is 9.29. The molecule has 0 saturated carbocycles. The van der Waals surface area contributed by atoms with Crippen LogP contribution in [0.5, 0.6) is 0 Å². The molecule has 1 aromatic heterocycles. The van der Waals surface area contributed by atoms with Gasteiger partial charge in [0.25, 0.3) is 5.91 Å². The number of carbonyl (C=O) groups excluding carboxylic acids is 2. The van der Waals surface area contributed by atoms with E-state index in [1.807, 2.05) is 30.3 Å². The number of aromatic nitrogens is 2. The summed E-state index contributed by atoms with van der Waals surface area (Å²) in [5.74, 6) is -0.348. The minimum absolute atomic E-state index is 0.162. The maximum atomic E-state index is 12.7. The normalized spacial score (nSPS) is 15.3. The molecule has 1 aliphatic rings. The van der Waals surface area contributed by atoms with Gasteiger partial charge in [0.1, 0.15) is 0 Å². The highest BCUT2D eigenvalue weighted by atomic mass is 32.2. The monoisotopic (exact) mass is 469 g/mol. The van der Waals surface area contributed by atoms with Crippen LogP contribution in [0.1, 0.15) is 23.2 Å². The number of rotatable bonds is 9. The second-order valence-electron chi connectivity index (χ2n) is 7.09. The Morgan fingerprint density at radius 1 is 1.06 bits per heavy atom. The molecular weight excluding hydrogens is 446 g/mol. The van der Waals surface area contributed by atoms with Gasteiger partial charge in [0.05, 0.1) is 23.1 Å². The third kappa shape index (κ3) is 6.28. The van der Waals surface area contributed by atoms with Crippen molar-refractivity contribution in [2.24, 2.45) is 0 Å². The topological polar surface area (TPSA) is 105 Å². The number of benzene rings is 2. The third-order valence-electron chi connectivity index (χ3n) is 4.72. The molecule has 0 unspecified atom stereocenters. The Morgan fingerprint density at radius 2 is 1.88 bits per heavy atom. The van der Waals surface area contributed by atoms with Crippen LogP contribution >= 0.6 is 23.1 Å². The van der Waals surface area contributed by atoms with E-state index in [1.54, 1.807) is 24.3 Å². The van der Waals surface area contributed by atoms with Gasteiger partial charge in [-0.05, 0) is 37.1 Å². The van der Waals surface area contributed by atoms with Crippen LogP contribution in [0.4, 0.5) is 16.5 Å². The molecule has 1 atom stereocenters. The summed E-state index contributed by atoms with van der Waals surface area (Å²) in [4.78, 5) is 25.1. The smallest absolute Gasteiger partial charge is 0.257 e. The van der Waals surface area contributed by atoms with Crippen molar-refractivity contribution in [1.29, 1.82) is 0 Å². The van der Waals surface area contributed by atoms with Gasteiger partial charge in [0.2, 0.25) is 11.0 Å². The highest BCUT2D eigenvalue weighted by molar-refractivity contribution is 8.01. The Labute approximate surface area is 194 Å². The third-order valence-corrected chi connectivity index (χ3v) is 6.73. The van der Waals surface area contributed by atoms with Gasteiger partial charge in [0, 0.05) is 18.8 Å². The first-order valence-corrected chi connectivity index (χ1v) is 12.0. The highest BCUT2D eigenvalue weighted by Crippen LogP contribution is 2.26. The predicted octanol–water partition coefficient (Wildman–Crippen LogP) is 4.11. The van der Waals surface area contributed by atoms with Crippen LogP contribution < -0.4 is 16.0 Å². The van der Waals surface area contributed by atoms with Gasteiger partial charge < -0.3 is 20.7 Å². The van der Waals surface area contributed by atoms with Crippen molar-refractivity contribution in [3.05, 3.63) is 60.2 Å². The van der Waals surface area contributed by atoms with Crippen LogP contribution in [0.15, 0.2) is 58.9 Å². The van der Waals surface area contributed by atoms with Gasteiger partial charge in [-0.25, -0.2) is 0 Å². The van der Waals surface area contributed by atoms with Crippen LogP contribution in [0, 0.1) is 0 Å². The first-order chi connectivity index (χ1) is 15.7. The van der Waals surface area contributed by atoms with E-state index >= 15 is 0 Å². The summed E-state index contributed by atoms with van der Waals surface area (Å²) in [7, 11) is 0. The van der Waals surface area contributed by atoms with Crippen molar-refractivity contribution >= 4 is 51.4 Å². The lowest BCUT2D eigenvalue weighted by molar-refractivity contribution is -0.113. The number of carbonyl (C=O) groups is 2. The summed E-state index contributed by atoms with van der Waals surface area (Å²) in [5.41, 5.74) is 1.54. The summed E-state index contributed by atoms with van der Waals surface area (Å²) in [5, 5.41) is 17.8. The molecule has 1 saturated heterocycles. The summed E-state index contributed by atoms with van der Waals surface area (Å²) in [6, 6.07) is 16.1. The Hall–Kier alpha value is -2.95. The van der Waals surface area contributed by atoms with Crippen molar-refractivity contribution in [3.63, 3.8) is 0 Å². The van der Waals surface area contributed by atoms with E-state index in [0.717, 1.165) is 19.4 Å². The quantitative estimate of drug-likeness (QED) is 0.405. The molecule has 3 aromatic rings. The first kappa shape index (κ1) is 22.3. The number of hydrogen-bond donors (Lipinski definition) is 3. The zero-order chi connectivity index (χ0) is 22.2. The predicted molar refractivity (Wildman–Crippen MR) is 128 cm³/mol. The fourth-order valence-electron chi connectivity index (χ4n) is 3.17. The minimum atomic E-state index is -0.286. The largest absolute Gasteiger partial charge is 0.376 e. The SMILES string of the molecule is O=C(CSc1nnc(NC[C@@H]2CCCO2)s1)Nc1ccccc1C(=O)Nc1ccccc1. The molecule has 0 spiro atoms. The average Bonchev–Trinajstić information content (AvgIpc) is 3.49. The lowest BCUT2D eigenvalue weighted by Crippen LogP contribution is -2.19. The van der Waals surface area contributed by atoms with E-state index in [-0.39, 0.29) is 23.7 Å². The number of nitrogens with zero attached hydrogens (tertiary/aromatic N) is 2. The molecule has 32 heavy (non-hydrogen) atoms. The molecule has 3 N–H and O–H groups in total. The van der Waals surface area contributed by atoms with Gasteiger partial charge in [-0.15, -0.1) is 10.2 Å². The van der Waals surface area contributed by atoms with Gasteiger partial charge >= 0.3 is 0 Å². The number of nitrogens with one attached hydrogen (secondary N) is 3. The minimum Gasteiger partial charge on any atom is -0.376 e.